The number of hydrogen-bond acceptors (Lipinski definition) is 3. The SMILES string of the molecule is CC(C)c1cc(C(C)C)c(C(=O)C2CC3CCCC(C2)S3(=O)=O)c(C(C)C)c1. The molecule has 0 N–H and O–H groups in total. The maximum atomic E-state index is 13.8. The predicted octanol–water partition coefficient (Wildman–Crippen LogP) is 5.99. The first-order valence-electron chi connectivity index (χ1n) is 11.0. The van der Waals surface area contributed by atoms with E-state index in [1.165, 1.54) is 5.56 Å². The molecule has 2 atom stereocenters. The van der Waals surface area contributed by atoms with Crippen LogP contribution in [0.2, 0.25) is 0 Å². The van der Waals surface area contributed by atoms with Crippen molar-refractivity contribution in [3.8, 4) is 0 Å². The quantitative estimate of drug-likeness (QED) is 0.567. The molecule has 2 bridgehead atoms. The summed E-state index contributed by atoms with van der Waals surface area (Å²) in [6, 6.07) is 4.43. The molecule has 0 aromatic heterocycles. The molecule has 156 valence electrons. The minimum absolute atomic E-state index is 0.154. The molecule has 4 heteroatoms. The second-order valence-electron chi connectivity index (χ2n) is 9.83. The molecular weight excluding hydrogens is 368 g/mol. The van der Waals surface area contributed by atoms with Crippen molar-refractivity contribution in [1.29, 1.82) is 0 Å². The molecule has 1 aromatic rings. The predicted molar refractivity (Wildman–Crippen MR) is 116 cm³/mol. The van der Waals surface area contributed by atoms with Crippen LogP contribution in [0.15, 0.2) is 12.1 Å². The molecule has 3 rings (SSSR count). The smallest absolute Gasteiger partial charge is 0.166 e. The van der Waals surface area contributed by atoms with Crippen LogP contribution in [0.5, 0.6) is 0 Å². The maximum Gasteiger partial charge on any atom is 0.166 e. The summed E-state index contributed by atoms with van der Waals surface area (Å²) in [6.07, 6.45) is 3.45. The van der Waals surface area contributed by atoms with E-state index in [0.29, 0.717) is 18.8 Å². The highest BCUT2D eigenvalue weighted by molar-refractivity contribution is 7.92. The summed E-state index contributed by atoms with van der Waals surface area (Å²) in [5, 5.41) is -0.622. The van der Waals surface area contributed by atoms with Crippen LogP contribution in [0.3, 0.4) is 0 Å². The van der Waals surface area contributed by atoms with Gasteiger partial charge in [0.2, 0.25) is 0 Å². The maximum absolute atomic E-state index is 13.8. The van der Waals surface area contributed by atoms with E-state index in [4.69, 9.17) is 0 Å². The molecule has 28 heavy (non-hydrogen) atoms. The van der Waals surface area contributed by atoms with Crippen molar-refractivity contribution in [3.05, 3.63) is 34.4 Å². The molecule has 1 aromatic carbocycles. The molecule has 2 unspecified atom stereocenters. The normalized spacial score (nSPS) is 26.8. The lowest BCUT2D eigenvalue weighted by molar-refractivity contribution is 0.0891. The van der Waals surface area contributed by atoms with E-state index in [1.807, 2.05) is 0 Å². The molecular formula is C24H36O3S. The number of benzene rings is 1. The van der Waals surface area contributed by atoms with Gasteiger partial charge >= 0.3 is 0 Å². The Bertz CT molecular complexity index is 800. The van der Waals surface area contributed by atoms with E-state index < -0.39 is 9.84 Å². The Morgan fingerprint density at radius 3 is 1.71 bits per heavy atom. The summed E-state index contributed by atoms with van der Waals surface area (Å²) in [4.78, 5) is 13.8. The van der Waals surface area contributed by atoms with Crippen LogP contribution in [-0.4, -0.2) is 24.7 Å². The molecule has 0 amide bonds. The highest BCUT2D eigenvalue weighted by Gasteiger charge is 2.46. The van der Waals surface area contributed by atoms with Crippen molar-refractivity contribution in [1.82, 2.24) is 0 Å². The van der Waals surface area contributed by atoms with Gasteiger partial charge in [0, 0.05) is 11.5 Å². The van der Waals surface area contributed by atoms with E-state index in [0.717, 1.165) is 36.0 Å². The van der Waals surface area contributed by atoms with Crippen LogP contribution in [0.1, 0.15) is 118 Å². The summed E-state index contributed by atoms with van der Waals surface area (Å²) in [5.74, 6) is 0.982. The minimum atomic E-state index is -3.04. The molecule has 0 radical (unpaired) electrons. The summed E-state index contributed by atoms with van der Waals surface area (Å²) in [5.41, 5.74) is 4.45. The van der Waals surface area contributed by atoms with Crippen molar-refractivity contribution in [2.75, 3.05) is 0 Å². The van der Waals surface area contributed by atoms with Gasteiger partial charge in [-0.2, -0.15) is 0 Å². The largest absolute Gasteiger partial charge is 0.294 e. The summed E-state index contributed by atoms with van der Waals surface area (Å²) < 4.78 is 25.3. The van der Waals surface area contributed by atoms with Crippen LogP contribution in [0, 0.1) is 5.92 Å². The van der Waals surface area contributed by atoms with Gasteiger partial charge in [0.1, 0.15) is 0 Å². The third-order valence-electron chi connectivity index (χ3n) is 6.83. The zero-order valence-corrected chi connectivity index (χ0v) is 19.1. The Morgan fingerprint density at radius 1 is 0.857 bits per heavy atom. The first kappa shape index (κ1) is 21.5. The second-order valence-corrected chi connectivity index (χ2v) is 12.3. The molecule has 2 heterocycles. The molecule has 2 fully saturated rings. The Balaban J connectivity index is 2.06. The standard InChI is InChI=1S/C24H36O3S/c1-14(2)17-12-21(15(3)4)23(22(13-17)16(5)6)24(25)18-10-19-8-7-9-20(11-18)28(19,26)27/h12-16,18-20H,7-11H2,1-6H3. The van der Waals surface area contributed by atoms with Gasteiger partial charge in [-0.15, -0.1) is 0 Å². The monoisotopic (exact) mass is 404 g/mol. The van der Waals surface area contributed by atoms with Crippen LogP contribution in [-0.2, 0) is 9.84 Å². The van der Waals surface area contributed by atoms with Crippen molar-refractivity contribution in [2.45, 2.75) is 102 Å². The average Bonchev–Trinajstić information content (AvgIpc) is 2.58. The number of fused-ring (bicyclic) bond motifs is 2. The molecule has 0 saturated carbocycles. The van der Waals surface area contributed by atoms with E-state index in [2.05, 4.69) is 53.7 Å². The summed E-state index contributed by atoms with van der Waals surface area (Å²) in [7, 11) is -3.04. The Labute approximate surface area is 171 Å². The molecule has 2 aliphatic rings. The van der Waals surface area contributed by atoms with Crippen LogP contribution >= 0.6 is 0 Å². The Hall–Kier alpha value is -1.16. The van der Waals surface area contributed by atoms with Crippen molar-refractivity contribution >= 4 is 15.6 Å². The number of rotatable bonds is 5. The molecule has 0 aliphatic carbocycles. The van der Waals surface area contributed by atoms with Gasteiger partial charge in [-0.1, -0.05) is 60.1 Å². The van der Waals surface area contributed by atoms with E-state index in [9.17, 15) is 13.2 Å². The lowest BCUT2D eigenvalue weighted by atomic mass is 9.77. The lowest BCUT2D eigenvalue weighted by Crippen LogP contribution is -2.45. The van der Waals surface area contributed by atoms with Gasteiger partial charge in [-0.3, -0.25) is 4.79 Å². The number of ketones is 1. The van der Waals surface area contributed by atoms with Gasteiger partial charge in [0.25, 0.3) is 0 Å². The van der Waals surface area contributed by atoms with Crippen LogP contribution in [0.25, 0.3) is 0 Å². The highest BCUT2D eigenvalue weighted by atomic mass is 32.2. The first-order chi connectivity index (χ1) is 13.0. The van der Waals surface area contributed by atoms with Crippen LogP contribution in [0.4, 0.5) is 0 Å². The third kappa shape index (κ3) is 3.81. The van der Waals surface area contributed by atoms with Crippen molar-refractivity contribution < 1.29 is 13.2 Å². The Morgan fingerprint density at radius 2 is 1.32 bits per heavy atom. The summed E-state index contributed by atoms with van der Waals surface area (Å²) >= 11 is 0. The van der Waals surface area contributed by atoms with Gasteiger partial charge < -0.3 is 0 Å². The van der Waals surface area contributed by atoms with Crippen molar-refractivity contribution in [3.63, 3.8) is 0 Å². The fraction of sp³-hybridized carbons (Fsp3) is 0.708. The fourth-order valence-corrected chi connectivity index (χ4v) is 7.60. The summed E-state index contributed by atoms with van der Waals surface area (Å²) in [6.45, 7) is 13.0. The van der Waals surface area contributed by atoms with Gasteiger partial charge in [0.05, 0.1) is 10.5 Å². The number of hydrogen-bond donors (Lipinski definition) is 0. The number of carbonyl (C=O) groups excluding carboxylic acids is 1. The number of carbonyl (C=O) groups is 1. The molecule has 3 nitrogen and oxygen atoms in total. The van der Waals surface area contributed by atoms with Gasteiger partial charge in [-0.25, -0.2) is 8.42 Å². The molecule has 0 spiro atoms. The molecule has 2 saturated heterocycles. The van der Waals surface area contributed by atoms with Gasteiger partial charge in [-0.05, 0) is 60.1 Å². The molecule has 2 aliphatic heterocycles. The zero-order valence-electron chi connectivity index (χ0n) is 18.3. The second kappa shape index (κ2) is 7.93. The first-order valence-corrected chi connectivity index (χ1v) is 12.6. The third-order valence-corrected chi connectivity index (χ3v) is 9.54. The van der Waals surface area contributed by atoms with Crippen molar-refractivity contribution in [2.24, 2.45) is 5.92 Å². The average molecular weight is 405 g/mol. The van der Waals surface area contributed by atoms with E-state index in [1.54, 1.807) is 0 Å². The lowest BCUT2D eigenvalue weighted by Gasteiger charge is -2.38. The number of Topliss-reactive ketones (excluding diaryl/α,β-unsaturated/α-hetero) is 1. The topological polar surface area (TPSA) is 51.2 Å². The number of sulfone groups is 1. The van der Waals surface area contributed by atoms with Crippen LogP contribution < -0.4 is 0 Å². The zero-order chi connectivity index (χ0) is 20.8. The van der Waals surface area contributed by atoms with E-state index in [-0.39, 0.29) is 34.0 Å². The Kier molecular flexibility index (Phi) is 6.10. The fourth-order valence-electron chi connectivity index (χ4n) is 5.07. The highest BCUT2D eigenvalue weighted by Crippen LogP contribution is 2.42. The minimum Gasteiger partial charge on any atom is -0.294 e. The van der Waals surface area contributed by atoms with Gasteiger partial charge in [0.15, 0.2) is 15.6 Å². The van der Waals surface area contributed by atoms with E-state index >= 15 is 0 Å².